The van der Waals surface area contributed by atoms with Crippen molar-refractivity contribution in [1.29, 1.82) is 0 Å². The zero-order valence-electron chi connectivity index (χ0n) is 11.0. The van der Waals surface area contributed by atoms with Crippen LogP contribution in [0.25, 0.3) is 0 Å². The third kappa shape index (κ3) is 4.08. The van der Waals surface area contributed by atoms with Crippen molar-refractivity contribution in [2.24, 2.45) is 0 Å². The Morgan fingerprint density at radius 3 is 2.89 bits per heavy atom. The fourth-order valence-corrected chi connectivity index (χ4v) is 2.74. The smallest absolute Gasteiger partial charge is 0.234 e. The van der Waals surface area contributed by atoms with Gasteiger partial charge in [0, 0.05) is 17.5 Å². The van der Waals surface area contributed by atoms with E-state index >= 15 is 0 Å². The molecule has 1 saturated carbocycles. The van der Waals surface area contributed by atoms with E-state index in [4.69, 9.17) is 0 Å². The molecular weight excluding hydrogens is 246 g/mol. The van der Waals surface area contributed by atoms with Crippen LogP contribution < -0.4 is 10.6 Å². The second-order valence-electron chi connectivity index (χ2n) is 4.95. The second-order valence-corrected chi connectivity index (χ2v) is 5.93. The molecule has 4 nitrogen and oxygen atoms in total. The first-order chi connectivity index (χ1) is 8.66. The van der Waals surface area contributed by atoms with Gasteiger partial charge in [-0.05, 0) is 38.4 Å². The number of nitrogens with zero attached hydrogens (tertiary/aromatic N) is 1. The molecule has 0 aromatic carbocycles. The number of hydrogen-bond acceptors (Lipinski definition) is 4. The predicted molar refractivity (Wildman–Crippen MR) is 74.8 cm³/mol. The number of likely N-dealkylation sites (N-methyl/N-ethyl adjacent to an activating group) is 1. The van der Waals surface area contributed by atoms with Crippen molar-refractivity contribution in [2.45, 2.75) is 24.9 Å². The van der Waals surface area contributed by atoms with Crippen molar-refractivity contribution in [3.63, 3.8) is 0 Å². The summed E-state index contributed by atoms with van der Waals surface area (Å²) in [6.45, 7) is 1.11. The molecule has 0 saturated heterocycles. The largest absolute Gasteiger partial charge is 0.353 e. The highest BCUT2D eigenvalue weighted by Crippen LogP contribution is 2.22. The van der Waals surface area contributed by atoms with Crippen LogP contribution in [-0.2, 0) is 4.79 Å². The normalized spacial score (nSPS) is 16.8. The number of rotatable bonds is 7. The van der Waals surface area contributed by atoms with Crippen molar-refractivity contribution in [3.05, 3.63) is 22.4 Å². The highest BCUT2D eigenvalue weighted by Gasteiger charge is 2.21. The van der Waals surface area contributed by atoms with Crippen molar-refractivity contribution in [2.75, 3.05) is 27.2 Å². The van der Waals surface area contributed by atoms with Gasteiger partial charge in [0.2, 0.25) is 5.91 Å². The van der Waals surface area contributed by atoms with E-state index in [0.717, 1.165) is 0 Å². The van der Waals surface area contributed by atoms with Gasteiger partial charge >= 0.3 is 0 Å². The third-order valence-electron chi connectivity index (χ3n) is 3.12. The summed E-state index contributed by atoms with van der Waals surface area (Å²) in [6.07, 6.45) is 2.42. The Balaban J connectivity index is 1.76. The molecule has 0 spiro atoms. The molecule has 18 heavy (non-hydrogen) atoms. The molecule has 2 N–H and O–H groups in total. The zero-order chi connectivity index (χ0) is 13.0. The Labute approximate surface area is 112 Å². The van der Waals surface area contributed by atoms with Crippen molar-refractivity contribution < 1.29 is 4.79 Å². The summed E-state index contributed by atoms with van der Waals surface area (Å²) in [6, 6.07) is 5.00. The molecule has 1 aromatic rings. The zero-order valence-corrected chi connectivity index (χ0v) is 11.8. The lowest BCUT2D eigenvalue weighted by Gasteiger charge is -2.23. The lowest BCUT2D eigenvalue weighted by atomic mass is 10.2. The van der Waals surface area contributed by atoms with E-state index in [1.54, 1.807) is 11.3 Å². The highest BCUT2D eigenvalue weighted by molar-refractivity contribution is 7.10. The van der Waals surface area contributed by atoms with Crippen LogP contribution in [0, 0.1) is 0 Å². The van der Waals surface area contributed by atoms with E-state index in [2.05, 4.69) is 27.0 Å². The van der Waals surface area contributed by atoms with Crippen LogP contribution in [0.4, 0.5) is 0 Å². The van der Waals surface area contributed by atoms with E-state index < -0.39 is 0 Å². The van der Waals surface area contributed by atoms with E-state index in [1.807, 2.05) is 20.2 Å². The Morgan fingerprint density at radius 1 is 1.56 bits per heavy atom. The number of hydrogen-bond donors (Lipinski definition) is 2. The van der Waals surface area contributed by atoms with Gasteiger partial charge in [0.1, 0.15) is 0 Å². The van der Waals surface area contributed by atoms with E-state index in [-0.39, 0.29) is 11.9 Å². The quantitative estimate of drug-likeness (QED) is 0.781. The van der Waals surface area contributed by atoms with Crippen molar-refractivity contribution in [3.8, 4) is 0 Å². The fourth-order valence-electron chi connectivity index (χ4n) is 1.82. The lowest BCUT2D eigenvalue weighted by molar-refractivity contribution is -0.120. The number of carbonyl (C=O) groups excluding carboxylic acids is 1. The topological polar surface area (TPSA) is 44.4 Å². The molecular formula is C13H21N3OS. The molecule has 1 heterocycles. The number of thiophene rings is 1. The van der Waals surface area contributed by atoms with Crippen LogP contribution in [0.3, 0.4) is 0 Å². The maximum Gasteiger partial charge on any atom is 0.234 e. The minimum atomic E-state index is 0.0882. The summed E-state index contributed by atoms with van der Waals surface area (Å²) in [5.41, 5.74) is 0. The van der Waals surface area contributed by atoms with Gasteiger partial charge in [0.15, 0.2) is 0 Å². The van der Waals surface area contributed by atoms with Gasteiger partial charge in [-0.3, -0.25) is 4.79 Å². The number of amides is 1. The molecule has 1 amide bonds. The van der Waals surface area contributed by atoms with E-state index in [0.29, 0.717) is 19.1 Å². The van der Waals surface area contributed by atoms with Crippen molar-refractivity contribution >= 4 is 17.2 Å². The maximum absolute atomic E-state index is 11.7. The average molecular weight is 267 g/mol. The van der Waals surface area contributed by atoms with E-state index in [1.165, 1.54) is 17.7 Å². The predicted octanol–water partition coefficient (Wildman–Crippen LogP) is 1.22. The van der Waals surface area contributed by atoms with Gasteiger partial charge in [-0.2, -0.15) is 0 Å². The standard InChI is InChI=1S/C13H21N3OS/c1-16(2)11(12-4-3-7-18-12)8-15-13(17)9-14-10-5-6-10/h3-4,7,10-11,14H,5-6,8-9H2,1-2H3,(H,15,17). The van der Waals surface area contributed by atoms with Gasteiger partial charge < -0.3 is 15.5 Å². The van der Waals surface area contributed by atoms with Crippen LogP contribution in [0.2, 0.25) is 0 Å². The minimum absolute atomic E-state index is 0.0882. The SMILES string of the molecule is CN(C)C(CNC(=O)CNC1CC1)c1cccs1. The van der Waals surface area contributed by atoms with Gasteiger partial charge in [-0.15, -0.1) is 11.3 Å². The first-order valence-corrected chi connectivity index (χ1v) is 7.24. The molecule has 1 aromatic heterocycles. The summed E-state index contributed by atoms with van der Waals surface area (Å²) >= 11 is 1.73. The summed E-state index contributed by atoms with van der Waals surface area (Å²) in [5, 5.41) is 8.29. The minimum Gasteiger partial charge on any atom is -0.353 e. The van der Waals surface area contributed by atoms with Crippen LogP contribution in [0.5, 0.6) is 0 Å². The maximum atomic E-state index is 11.7. The summed E-state index contributed by atoms with van der Waals surface area (Å²) < 4.78 is 0. The molecule has 0 bridgehead atoms. The van der Waals surface area contributed by atoms with Gasteiger partial charge in [-0.1, -0.05) is 6.07 Å². The molecule has 1 fully saturated rings. The second kappa shape index (κ2) is 6.31. The molecule has 2 rings (SSSR count). The Kier molecular flexibility index (Phi) is 4.74. The molecule has 1 unspecified atom stereocenters. The Bertz CT molecular complexity index is 374. The first-order valence-electron chi connectivity index (χ1n) is 6.36. The Morgan fingerprint density at radius 2 is 2.33 bits per heavy atom. The van der Waals surface area contributed by atoms with Crippen LogP contribution in [0.1, 0.15) is 23.8 Å². The van der Waals surface area contributed by atoms with E-state index in [9.17, 15) is 4.79 Å². The summed E-state index contributed by atoms with van der Waals surface area (Å²) in [7, 11) is 4.08. The van der Waals surface area contributed by atoms with Crippen LogP contribution >= 0.6 is 11.3 Å². The summed E-state index contributed by atoms with van der Waals surface area (Å²) in [4.78, 5) is 15.1. The van der Waals surface area contributed by atoms with Gasteiger partial charge in [0.05, 0.1) is 12.6 Å². The van der Waals surface area contributed by atoms with Gasteiger partial charge in [0.25, 0.3) is 0 Å². The van der Waals surface area contributed by atoms with Gasteiger partial charge in [-0.25, -0.2) is 0 Å². The third-order valence-corrected chi connectivity index (χ3v) is 4.09. The van der Waals surface area contributed by atoms with Crippen LogP contribution in [0.15, 0.2) is 17.5 Å². The molecule has 1 aliphatic rings. The molecule has 0 radical (unpaired) electrons. The van der Waals surface area contributed by atoms with Crippen molar-refractivity contribution in [1.82, 2.24) is 15.5 Å². The highest BCUT2D eigenvalue weighted by atomic mass is 32.1. The monoisotopic (exact) mass is 267 g/mol. The Hall–Kier alpha value is -0.910. The molecule has 1 atom stereocenters. The van der Waals surface area contributed by atoms with Crippen LogP contribution in [-0.4, -0.2) is 44.0 Å². The number of nitrogens with one attached hydrogen (secondary N) is 2. The molecule has 0 aliphatic heterocycles. The average Bonchev–Trinajstić information content (AvgIpc) is 3.01. The molecule has 100 valence electrons. The lowest BCUT2D eigenvalue weighted by Crippen LogP contribution is -2.39. The molecule has 1 aliphatic carbocycles. The number of carbonyl (C=O) groups is 1. The first kappa shape index (κ1) is 13.5. The molecule has 5 heteroatoms. The fraction of sp³-hybridized carbons (Fsp3) is 0.615. The summed E-state index contributed by atoms with van der Waals surface area (Å²) in [5.74, 6) is 0.0882.